The first-order chi connectivity index (χ1) is 12.1. The Morgan fingerprint density at radius 1 is 1.12 bits per heavy atom. The summed E-state index contributed by atoms with van der Waals surface area (Å²) in [5.74, 6) is -0.755. The molecule has 2 rings (SSSR count). The molecule has 0 heterocycles. The molecule has 2 aromatic carbocycles. The summed E-state index contributed by atoms with van der Waals surface area (Å²) in [5, 5.41) is 11.9. The van der Waals surface area contributed by atoms with Gasteiger partial charge in [0.15, 0.2) is 0 Å². The van der Waals surface area contributed by atoms with Gasteiger partial charge in [0.25, 0.3) is 0 Å². The van der Waals surface area contributed by atoms with Crippen LogP contribution in [-0.2, 0) is 27.2 Å². The summed E-state index contributed by atoms with van der Waals surface area (Å²) < 4.78 is 4.79. The van der Waals surface area contributed by atoms with E-state index in [4.69, 9.17) is 10.00 Å². The number of rotatable bonds is 7. The lowest BCUT2D eigenvalue weighted by atomic mass is 10.0. The highest BCUT2D eigenvalue weighted by Crippen LogP contribution is 2.11. The third kappa shape index (κ3) is 5.47. The number of carbonyl (C=O) groups excluding carboxylic acids is 2. The first-order valence-corrected chi connectivity index (χ1v) is 8.03. The van der Waals surface area contributed by atoms with Crippen molar-refractivity contribution in [1.82, 2.24) is 5.32 Å². The molecule has 1 atom stereocenters. The van der Waals surface area contributed by atoms with Gasteiger partial charge in [-0.2, -0.15) is 5.26 Å². The highest BCUT2D eigenvalue weighted by molar-refractivity contribution is 5.84. The minimum atomic E-state index is -0.817. The molecule has 0 radical (unpaired) electrons. The molecule has 5 heteroatoms. The fourth-order valence-electron chi connectivity index (χ4n) is 2.53. The molecule has 5 nitrogen and oxygen atoms in total. The summed E-state index contributed by atoms with van der Waals surface area (Å²) in [7, 11) is 1.28. The van der Waals surface area contributed by atoms with Crippen molar-refractivity contribution >= 4 is 11.9 Å². The van der Waals surface area contributed by atoms with Gasteiger partial charge in [0.2, 0.25) is 5.91 Å². The number of benzene rings is 2. The van der Waals surface area contributed by atoms with Crippen molar-refractivity contribution in [3.63, 3.8) is 0 Å². The maximum Gasteiger partial charge on any atom is 0.328 e. The van der Waals surface area contributed by atoms with E-state index in [2.05, 4.69) is 11.4 Å². The molecule has 0 aromatic heterocycles. The van der Waals surface area contributed by atoms with Gasteiger partial charge in [-0.25, -0.2) is 4.79 Å². The topological polar surface area (TPSA) is 79.2 Å². The van der Waals surface area contributed by atoms with Crippen molar-refractivity contribution in [1.29, 1.82) is 5.26 Å². The quantitative estimate of drug-likeness (QED) is 0.788. The van der Waals surface area contributed by atoms with E-state index in [1.807, 2.05) is 30.3 Å². The van der Waals surface area contributed by atoms with Crippen molar-refractivity contribution in [3.8, 4) is 6.07 Å². The molecule has 25 heavy (non-hydrogen) atoms. The molecule has 0 unspecified atom stereocenters. The maximum absolute atomic E-state index is 12.2. The van der Waals surface area contributed by atoms with Gasteiger partial charge >= 0.3 is 5.97 Å². The zero-order valence-electron chi connectivity index (χ0n) is 14.1. The van der Waals surface area contributed by atoms with Crippen molar-refractivity contribution in [2.24, 2.45) is 0 Å². The van der Waals surface area contributed by atoms with Gasteiger partial charge in [0.05, 0.1) is 18.7 Å². The van der Waals surface area contributed by atoms with Gasteiger partial charge in [-0.1, -0.05) is 48.5 Å². The largest absolute Gasteiger partial charge is 0.467 e. The van der Waals surface area contributed by atoms with Gasteiger partial charge in [0, 0.05) is 12.8 Å². The smallest absolute Gasteiger partial charge is 0.328 e. The number of hydrogen-bond donors (Lipinski definition) is 1. The van der Waals surface area contributed by atoms with Gasteiger partial charge in [-0.05, 0) is 23.6 Å². The Labute approximate surface area is 147 Å². The van der Waals surface area contributed by atoms with Gasteiger partial charge in [-0.3, -0.25) is 4.79 Å². The maximum atomic E-state index is 12.2. The number of nitriles is 1. The molecular formula is C20H20N2O3. The van der Waals surface area contributed by atoms with E-state index in [1.54, 1.807) is 24.3 Å². The van der Waals surface area contributed by atoms with Gasteiger partial charge in [-0.15, -0.1) is 0 Å². The second-order valence-corrected chi connectivity index (χ2v) is 5.60. The summed E-state index contributed by atoms with van der Waals surface area (Å²) >= 11 is 0. The van der Waals surface area contributed by atoms with Crippen LogP contribution in [0, 0.1) is 11.3 Å². The molecule has 0 aliphatic heterocycles. The fraction of sp³-hybridized carbons (Fsp3) is 0.250. The van der Waals surface area contributed by atoms with Crippen LogP contribution < -0.4 is 5.32 Å². The van der Waals surface area contributed by atoms with Crippen LogP contribution in [0.2, 0.25) is 0 Å². The molecule has 0 saturated heterocycles. The predicted octanol–water partition coefficient (Wildman–Crippen LogP) is 2.39. The Morgan fingerprint density at radius 2 is 1.80 bits per heavy atom. The van der Waals surface area contributed by atoms with E-state index in [0.29, 0.717) is 17.5 Å². The monoisotopic (exact) mass is 336 g/mol. The van der Waals surface area contributed by atoms with Crippen LogP contribution in [0.25, 0.3) is 0 Å². The number of carbonyl (C=O) groups is 2. The molecule has 1 N–H and O–H groups in total. The van der Waals surface area contributed by atoms with Crippen molar-refractivity contribution in [2.75, 3.05) is 7.11 Å². The number of amides is 1. The highest BCUT2D eigenvalue weighted by Gasteiger charge is 2.22. The number of hydrogen-bond acceptors (Lipinski definition) is 4. The number of nitrogens with zero attached hydrogens (tertiary/aromatic N) is 1. The number of methoxy groups -OCH3 is 1. The van der Waals surface area contributed by atoms with E-state index >= 15 is 0 Å². The van der Waals surface area contributed by atoms with Crippen molar-refractivity contribution in [3.05, 3.63) is 71.3 Å². The molecular weight excluding hydrogens is 316 g/mol. The van der Waals surface area contributed by atoms with E-state index in [9.17, 15) is 9.59 Å². The van der Waals surface area contributed by atoms with Crippen LogP contribution in [0.15, 0.2) is 54.6 Å². The second-order valence-electron chi connectivity index (χ2n) is 5.60. The first-order valence-electron chi connectivity index (χ1n) is 8.03. The Bertz CT molecular complexity index is 766. The molecule has 0 fully saturated rings. The molecule has 0 bridgehead atoms. The van der Waals surface area contributed by atoms with Crippen LogP contribution in [0.3, 0.4) is 0 Å². The molecule has 0 saturated carbocycles. The van der Waals surface area contributed by atoms with E-state index < -0.39 is 12.0 Å². The summed E-state index contributed by atoms with van der Waals surface area (Å²) in [4.78, 5) is 24.2. The summed E-state index contributed by atoms with van der Waals surface area (Å²) in [5.41, 5.74) is 2.24. The fourth-order valence-corrected chi connectivity index (χ4v) is 2.53. The minimum Gasteiger partial charge on any atom is -0.467 e. The Morgan fingerprint density at radius 3 is 2.48 bits per heavy atom. The summed E-state index contributed by atoms with van der Waals surface area (Å²) in [6, 6.07) is 17.9. The van der Waals surface area contributed by atoms with Gasteiger partial charge < -0.3 is 10.1 Å². The number of aryl methyl sites for hydroxylation is 1. The molecule has 0 aliphatic carbocycles. The number of nitrogens with one attached hydrogen (secondary N) is 1. The molecule has 0 aliphatic rings. The molecule has 0 spiro atoms. The molecule has 128 valence electrons. The average molecular weight is 336 g/mol. The SMILES string of the molecule is COC(=O)[C@H](Cc1ccccc1C#N)NC(=O)CCc1ccccc1. The zero-order valence-corrected chi connectivity index (χ0v) is 14.1. The number of esters is 1. The standard InChI is InChI=1S/C20H20N2O3/c1-25-20(24)18(13-16-9-5-6-10-17(16)14-21)22-19(23)12-11-15-7-3-2-4-8-15/h2-10,18H,11-13H2,1H3,(H,22,23)/t18-/m0/s1. The molecule has 2 aromatic rings. The van der Waals surface area contributed by atoms with Crippen LogP contribution in [0.4, 0.5) is 0 Å². The lowest BCUT2D eigenvalue weighted by molar-refractivity contribution is -0.145. The van der Waals surface area contributed by atoms with Crippen LogP contribution in [0.1, 0.15) is 23.1 Å². The van der Waals surface area contributed by atoms with Crippen molar-refractivity contribution in [2.45, 2.75) is 25.3 Å². The normalized spacial score (nSPS) is 11.2. The Hall–Kier alpha value is -3.13. The number of ether oxygens (including phenoxy) is 1. The average Bonchev–Trinajstić information content (AvgIpc) is 2.66. The second kappa shape index (κ2) is 9.24. The lowest BCUT2D eigenvalue weighted by Crippen LogP contribution is -2.43. The molecule has 1 amide bonds. The summed E-state index contributed by atoms with van der Waals surface area (Å²) in [6.07, 6.45) is 1.08. The van der Waals surface area contributed by atoms with Crippen LogP contribution in [0.5, 0.6) is 0 Å². The highest BCUT2D eigenvalue weighted by atomic mass is 16.5. The van der Waals surface area contributed by atoms with Gasteiger partial charge in [0.1, 0.15) is 6.04 Å². The van der Waals surface area contributed by atoms with E-state index in [1.165, 1.54) is 7.11 Å². The van der Waals surface area contributed by atoms with E-state index in [0.717, 1.165) is 5.56 Å². The van der Waals surface area contributed by atoms with Crippen molar-refractivity contribution < 1.29 is 14.3 Å². The minimum absolute atomic E-state index is 0.216. The first kappa shape index (κ1) is 18.2. The Kier molecular flexibility index (Phi) is 6.73. The third-order valence-electron chi connectivity index (χ3n) is 3.87. The third-order valence-corrected chi connectivity index (χ3v) is 3.87. The summed E-state index contributed by atoms with van der Waals surface area (Å²) in [6.45, 7) is 0. The zero-order chi connectivity index (χ0) is 18.1. The van der Waals surface area contributed by atoms with Crippen LogP contribution >= 0.6 is 0 Å². The van der Waals surface area contributed by atoms with E-state index in [-0.39, 0.29) is 18.7 Å². The lowest BCUT2D eigenvalue weighted by Gasteiger charge is -2.17. The Balaban J connectivity index is 2.01. The predicted molar refractivity (Wildman–Crippen MR) is 93.6 cm³/mol. The van der Waals surface area contributed by atoms with Crippen LogP contribution in [-0.4, -0.2) is 25.0 Å².